The van der Waals surface area contributed by atoms with Crippen molar-refractivity contribution in [2.24, 2.45) is 0 Å². The summed E-state index contributed by atoms with van der Waals surface area (Å²) < 4.78 is 5.70. The lowest BCUT2D eigenvalue weighted by Gasteiger charge is -2.14. The SMILES string of the molecule is CCC=CCC(C)Oc1ccccc1C=O. The molecule has 0 bridgehead atoms. The number of aldehydes is 1. The lowest BCUT2D eigenvalue weighted by Crippen LogP contribution is -2.11. The summed E-state index contributed by atoms with van der Waals surface area (Å²) in [5.74, 6) is 0.662. The number of ether oxygens (including phenoxy) is 1. The van der Waals surface area contributed by atoms with E-state index in [-0.39, 0.29) is 6.10 Å². The molecule has 0 spiro atoms. The van der Waals surface area contributed by atoms with Crippen LogP contribution in [0.1, 0.15) is 37.0 Å². The van der Waals surface area contributed by atoms with Gasteiger partial charge in [-0.15, -0.1) is 0 Å². The first-order valence-corrected chi connectivity index (χ1v) is 5.63. The molecule has 1 aromatic carbocycles. The first-order valence-electron chi connectivity index (χ1n) is 5.63. The van der Waals surface area contributed by atoms with Crippen LogP contribution >= 0.6 is 0 Å². The molecule has 0 N–H and O–H groups in total. The largest absolute Gasteiger partial charge is 0.490 e. The van der Waals surface area contributed by atoms with E-state index in [1.807, 2.05) is 25.1 Å². The van der Waals surface area contributed by atoms with Crippen molar-refractivity contribution in [1.29, 1.82) is 0 Å². The molecular formula is C14H18O2. The second kappa shape index (κ2) is 6.83. The molecule has 0 heterocycles. The van der Waals surface area contributed by atoms with Crippen molar-refractivity contribution in [1.82, 2.24) is 0 Å². The lowest BCUT2D eigenvalue weighted by atomic mass is 10.2. The molecule has 2 heteroatoms. The monoisotopic (exact) mass is 218 g/mol. The van der Waals surface area contributed by atoms with Crippen molar-refractivity contribution in [2.75, 3.05) is 0 Å². The summed E-state index contributed by atoms with van der Waals surface area (Å²) in [4.78, 5) is 10.8. The van der Waals surface area contributed by atoms with Crippen LogP contribution in [0, 0.1) is 0 Å². The highest BCUT2D eigenvalue weighted by Crippen LogP contribution is 2.18. The van der Waals surface area contributed by atoms with Gasteiger partial charge in [-0.3, -0.25) is 4.79 Å². The summed E-state index contributed by atoms with van der Waals surface area (Å²) in [6.45, 7) is 4.10. The average Bonchev–Trinajstić information content (AvgIpc) is 2.30. The molecule has 0 aliphatic carbocycles. The molecule has 1 unspecified atom stereocenters. The second-order valence-corrected chi connectivity index (χ2v) is 3.70. The van der Waals surface area contributed by atoms with Crippen LogP contribution in [0.4, 0.5) is 0 Å². The van der Waals surface area contributed by atoms with Crippen LogP contribution in [0.5, 0.6) is 5.75 Å². The predicted octanol–water partition coefficient (Wildman–Crippen LogP) is 3.62. The number of hydrogen-bond donors (Lipinski definition) is 0. The minimum absolute atomic E-state index is 0.0869. The summed E-state index contributed by atoms with van der Waals surface area (Å²) in [6.07, 6.45) is 7.03. The van der Waals surface area contributed by atoms with Crippen LogP contribution in [0.2, 0.25) is 0 Å². The van der Waals surface area contributed by atoms with E-state index in [0.29, 0.717) is 11.3 Å². The fourth-order valence-corrected chi connectivity index (χ4v) is 1.40. The fraction of sp³-hybridized carbons (Fsp3) is 0.357. The van der Waals surface area contributed by atoms with Crippen molar-refractivity contribution in [3.05, 3.63) is 42.0 Å². The van der Waals surface area contributed by atoms with Gasteiger partial charge >= 0.3 is 0 Å². The fourth-order valence-electron chi connectivity index (χ4n) is 1.40. The van der Waals surface area contributed by atoms with Gasteiger partial charge in [-0.05, 0) is 25.5 Å². The molecular weight excluding hydrogens is 200 g/mol. The molecule has 0 fully saturated rings. The predicted molar refractivity (Wildman–Crippen MR) is 66.0 cm³/mol. The Kier molecular flexibility index (Phi) is 5.34. The number of hydrogen-bond acceptors (Lipinski definition) is 2. The molecule has 0 aliphatic heterocycles. The maximum absolute atomic E-state index is 10.8. The zero-order chi connectivity index (χ0) is 11.8. The highest BCUT2D eigenvalue weighted by molar-refractivity contribution is 5.79. The Morgan fingerprint density at radius 3 is 2.75 bits per heavy atom. The van der Waals surface area contributed by atoms with Crippen LogP contribution in [0.25, 0.3) is 0 Å². The van der Waals surface area contributed by atoms with Crippen molar-refractivity contribution < 1.29 is 9.53 Å². The third-order valence-corrected chi connectivity index (χ3v) is 2.24. The van der Waals surface area contributed by atoms with E-state index in [9.17, 15) is 4.79 Å². The standard InChI is InChI=1S/C14H18O2/c1-3-4-5-8-12(2)16-14-10-7-6-9-13(14)11-15/h4-7,9-12H,3,8H2,1-2H3. The van der Waals surface area contributed by atoms with E-state index >= 15 is 0 Å². The molecule has 0 aliphatic rings. The van der Waals surface area contributed by atoms with Gasteiger partial charge in [0.15, 0.2) is 6.29 Å². The molecule has 0 aromatic heterocycles. The van der Waals surface area contributed by atoms with Crippen molar-refractivity contribution in [3.63, 3.8) is 0 Å². The van der Waals surface area contributed by atoms with E-state index in [1.165, 1.54) is 0 Å². The number of para-hydroxylation sites is 1. The molecule has 0 saturated heterocycles. The molecule has 0 saturated carbocycles. The third-order valence-electron chi connectivity index (χ3n) is 2.24. The molecule has 86 valence electrons. The van der Waals surface area contributed by atoms with Gasteiger partial charge in [0.2, 0.25) is 0 Å². The second-order valence-electron chi connectivity index (χ2n) is 3.70. The normalized spacial score (nSPS) is 12.6. The van der Waals surface area contributed by atoms with Gasteiger partial charge in [0.25, 0.3) is 0 Å². The molecule has 1 rings (SSSR count). The maximum Gasteiger partial charge on any atom is 0.153 e. The van der Waals surface area contributed by atoms with E-state index in [1.54, 1.807) is 6.07 Å². The van der Waals surface area contributed by atoms with Crippen LogP contribution in [0.3, 0.4) is 0 Å². The van der Waals surface area contributed by atoms with Crippen LogP contribution in [-0.2, 0) is 0 Å². The third kappa shape index (κ3) is 3.89. The van der Waals surface area contributed by atoms with E-state index in [4.69, 9.17) is 4.74 Å². The Balaban J connectivity index is 2.58. The smallest absolute Gasteiger partial charge is 0.153 e. The summed E-state index contributed by atoms with van der Waals surface area (Å²) >= 11 is 0. The zero-order valence-electron chi connectivity index (χ0n) is 9.85. The van der Waals surface area contributed by atoms with Crippen molar-refractivity contribution in [3.8, 4) is 5.75 Å². The van der Waals surface area contributed by atoms with Crippen molar-refractivity contribution >= 4 is 6.29 Å². The minimum Gasteiger partial charge on any atom is -0.490 e. The topological polar surface area (TPSA) is 26.3 Å². The van der Waals surface area contributed by atoms with Crippen LogP contribution in [-0.4, -0.2) is 12.4 Å². The Labute approximate surface area is 96.9 Å². The first kappa shape index (κ1) is 12.5. The van der Waals surface area contributed by atoms with Gasteiger partial charge < -0.3 is 4.74 Å². The van der Waals surface area contributed by atoms with Crippen LogP contribution < -0.4 is 4.74 Å². The molecule has 0 amide bonds. The van der Waals surface area contributed by atoms with E-state index in [0.717, 1.165) is 19.1 Å². The molecule has 1 atom stereocenters. The number of allylic oxidation sites excluding steroid dienone is 1. The van der Waals surface area contributed by atoms with Gasteiger partial charge in [0, 0.05) is 6.42 Å². The molecule has 1 aromatic rings. The van der Waals surface area contributed by atoms with E-state index < -0.39 is 0 Å². The quantitative estimate of drug-likeness (QED) is 0.538. The maximum atomic E-state index is 10.8. The van der Waals surface area contributed by atoms with Gasteiger partial charge in [-0.2, -0.15) is 0 Å². The highest BCUT2D eigenvalue weighted by Gasteiger charge is 2.05. The Bertz CT molecular complexity index is 356. The summed E-state index contributed by atoms with van der Waals surface area (Å²) in [5, 5.41) is 0. The van der Waals surface area contributed by atoms with Gasteiger partial charge in [0.05, 0.1) is 11.7 Å². The van der Waals surface area contributed by atoms with Gasteiger partial charge in [-0.1, -0.05) is 31.2 Å². The van der Waals surface area contributed by atoms with Crippen molar-refractivity contribution in [2.45, 2.75) is 32.8 Å². The summed E-state index contributed by atoms with van der Waals surface area (Å²) in [6, 6.07) is 7.29. The summed E-state index contributed by atoms with van der Waals surface area (Å²) in [7, 11) is 0. The number of benzene rings is 1. The molecule has 16 heavy (non-hydrogen) atoms. The Morgan fingerprint density at radius 1 is 1.31 bits per heavy atom. The number of carbonyl (C=O) groups is 1. The van der Waals surface area contributed by atoms with Gasteiger partial charge in [-0.25, -0.2) is 0 Å². The molecule has 0 radical (unpaired) electrons. The van der Waals surface area contributed by atoms with Crippen LogP contribution in [0.15, 0.2) is 36.4 Å². The lowest BCUT2D eigenvalue weighted by molar-refractivity contribution is 0.111. The molecule has 2 nitrogen and oxygen atoms in total. The highest BCUT2D eigenvalue weighted by atomic mass is 16.5. The average molecular weight is 218 g/mol. The zero-order valence-corrected chi connectivity index (χ0v) is 9.85. The Morgan fingerprint density at radius 2 is 2.06 bits per heavy atom. The number of rotatable bonds is 6. The number of carbonyl (C=O) groups excluding carboxylic acids is 1. The first-order chi connectivity index (χ1) is 7.77. The Hall–Kier alpha value is -1.57. The van der Waals surface area contributed by atoms with Gasteiger partial charge in [0.1, 0.15) is 5.75 Å². The summed E-state index contributed by atoms with van der Waals surface area (Å²) in [5.41, 5.74) is 0.605. The van der Waals surface area contributed by atoms with E-state index in [2.05, 4.69) is 19.1 Å². The minimum atomic E-state index is 0.0869.